The maximum atomic E-state index is 13.3. The fraction of sp³-hybridized carbons (Fsp3) is 0.740. The predicted octanol–water partition coefficient (Wildman–Crippen LogP) is 9.44. The van der Waals surface area contributed by atoms with Gasteiger partial charge >= 0.3 is 0 Å². The lowest BCUT2D eigenvalue weighted by molar-refractivity contribution is -0.379. The highest BCUT2D eigenvalue weighted by Crippen LogP contribution is 2.33. The molecule has 19 heteroatoms. The Kier molecular flexibility index (Phi) is 48.1. The van der Waals surface area contributed by atoms with E-state index in [1.54, 1.807) is 0 Å². The molecule has 3 heterocycles. The Bertz CT molecular complexity index is 2090. The number of carbonyl (C=O) groups is 1. The summed E-state index contributed by atoms with van der Waals surface area (Å²) in [5.74, 6) is -0.254. The molecule has 0 saturated carbocycles. The van der Waals surface area contributed by atoms with Crippen LogP contribution in [0.4, 0.5) is 0 Å². The van der Waals surface area contributed by atoms with E-state index in [9.17, 15) is 61.0 Å². The average molecular weight is 1300 g/mol. The molecule has 17 atom stereocenters. The zero-order valence-electron chi connectivity index (χ0n) is 55.7. The van der Waals surface area contributed by atoms with Crippen LogP contribution in [0.25, 0.3) is 0 Å². The molecule has 0 aromatic rings. The molecular weight excluding hydrogens is 1180 g/mol. The number of amides is 1. The first-order chi connectivity index (χ1) is 44.8. The molecule has 3 rings (SSSR count). The maximum Gasteiger partial charge on any atom is 0.220 e. The van der Waals surface area contributed by atoms with Crippen LogP contribution in [0.15, 0.2) is 109 Å². The Morgan fingerprint density at radius 1 is 0.402 bits per heavy atom. The SMILES string of the molecule is CC/C=C\C/C=C\C/C=C\C/C=C\C/C=C\C/C=C\C/C=C\C/C=C\C/C=C\CCCCCCCCCCCCCC(=O)NC(COC1OC(CO)C(OC2OC(CO)C(OC3OC(CO)C(O)C(O)C3O)C(O)C2O)C(O)C1O)C(O)CCCCCCCCCC. The van der Waals surface area contributed by atoms with Crippen LogP contribution in [-0.2, 0) is 33.2 Å². The summed E-state index contributed by atoms with van der Waals surface area (Å²) in [5, 5.41) is 120. The third-order valence-corrected chi connectivity index (χ3v) is 16.9. The van der Waals surface area contributed by atoms with Crippen molar-refractivity contribution in [1.82, 2.24) is 5.32 Å². The van der Waals surface area contributed by atoms with Crippen LogP contribution in [0, 0.1) is 0 Å². The number of ether oxygens (including phenoxy) is 6. The molecular formula is C73H123NO18. The molecule has 1 amide bonds. The summed E-state index contributed by atoms with van der Waals surface area (Å²) in [5.41, 5.74) is 0. The molecule has 17 unspecified atom stereocenters. The number of allylic oxidation sites excluding steroid dienone is 18. The van der Waals surface area contributed by atoms with E-state index in [1.807, 2.05) is 0 Å². The second-order valence-corrected chi connectivity index (χ2v) is 24.6. The molecule has 3 aliphatic heterocycles. The van der Waals surface area contributed by atoms with Gasteiger partial charge in [-0.15, -0.1) is 0 Å². The van der Waals surface area contributed by atoms with Gasteiger partial charge in [-0.05, 0) is 83.5 Å². The van der Waals surface area contributed by atoms with Gasteiger partial charge in [-0.2, -0.15) is 0 Å². The lowest BCUT2D eigenvalue weighted by Gasteiger charge is -2.48. The summed E-state index contributed by atoms with van der Waals surface area (Å²) in [4.78, 5) is 13.3. The molecule has 0 aromatic heterocycles. The summed E-state index contributed by atoms with van der Waals surface area (Å²) in [6.07, 6.45) is 45.1. The van der Waals surface area contributed by atoms with Gasteiger partial charge in [0.15, 0.2) is 18.9 Å². The number of nitrogens with one attached hydrogen (secondary N) is 1. The molecule has 19 nitrogen and oxygen atoms in total. The molecule has 12 N–H and O–H groups in total. The minimum atomic E-state index is -1.98. The molecule has 528 valence electrons. The topological polar surface area (TPSA) is 307 Å². The summed E-state index contributed by atoms with van der Waals surface area (Å²) in [6.45, 7) is 1.61. The lowest BCUT2D eigenvalue weighted by atomic mass is 9.96. The molecule has 3 fully saturated rings. The van der Waals surface area contributed by atoms with Gasteiger partial charge in [0.25, 0.3) is 0 Å². The van der Waals surface area contributed by atoms with Gasteiger partial charge in [-0.1, -0.05) is 232 Å². The zero-order chi connectivity index (χ0) is 66.8. The first-order valence-electron chi connectivity index (χ1n) is 35.1. The Balaban J connectivity index is 1.29. The van der Waals surface area contributed by atoms with Crippen molar-refractivity contribution in [2.45, 2.75) is 317 Å². The number of unbranched alkanes of at least 4 members (excludes halogenated alkanes) is 18. The number of rotatable bonds is 52. The van der Waals surface area contributed by atoms with Crippen molar-refractivity contribution >= 4 is 5.91 Å². The monoisotopic (exact) mass is 1300 g/mol. The average Bonchev–Trinajstić information content (AvgIpc) is 0.830. The smallest absolute Gasteiger partial charge is 0.220 e. The zero-order valence-corrected chi connectivity index (χ0v) is 55.7. The first kappa shape index (κ1) is 82.7. The predicted molar refractivity (Wildman–Crippen MR) is 360 cm³/mol. The van der Waals surface area contributed by atoms with Crippen molar-refractivity contribution in [2.24, 2.45) is 0 Å². The summed E-state index contributed by atoms with van der Waals surface area (Å²) < 4.78 is 34.3. The molecule has 92 heavy (non-hydrogen) atoms. The van der Waals surface area contributed by atoms with Crippen LogP contribution in [0.5, 0.6) is 0 Å². The quantitative estimate of drug-likeness (QED) is 0.0199. The fourth-order valence-corrected chi connectivity index (χ4v) is 11.2. The highest BCUT2D eigenvalue weighted by Gasteiger charge is 2.53. The Labute approximate surface area is 551 Å². The normalized spacial score (nSPS) is 28.4. The van der Waals surface area contributed by atoms with Gasteiger partial charge < -0.3 is 89.9 Å². The highest BCUT2D eigenvalue weighted by atomic mass is 16.8. The van der Waals surface area contributed by atoms with Crippen LogP contribution < -0.4 is 5.32 Å². The van der Waals surface area contributed by atoms with Crippen molar-refractivity contribution in [1.29, 1.82) is 0 Å². The molecule has 0 bridgehead atoms. The van der Waals surface area contributed by atoms with Gasteiger partial charge in [-0.3, -0.25) is 4.79 Å². The van der Waals surface area contributed by atoms with Crippen LogP contribution in [0.2, 0.25) is 0 Å². The van der Waals surface area contributed by atoms with Crippen molar-refractivity contribution in [3.05, 3.63) is 109 Å². The molecule has 0 radical (unpaired) electrons. The van der Waals surface area contributed by atoms with E-state index in [1.165, 1.54) is 57.8 Å². The molecule has 0 aromatic carbocycles. The van der Waals surface area contributed by atoms with Crippen LogP contribution >= 0.6 is 0 Å². The molecule has 3 saturated heterocycles. The van der Waals surface area contributed by atoms with Crippen LogP contribution in [0.3, 0.4) is 0 Å². The van der Waals surface area contributed by atoms with Gasteiger partial charge in [0, 0.05) is 6.42 Å². The van der Waals surface area contributed by atoms with Crippen molar-refractivity contribution in [3.8, 4) is 0 Å². The summed E-state index contributed by atoms with van der Waals surface area (Å²) >= 11 is 0. The standard InChI is InChI=1S/C73H123NO18/c1-3-5-7-9-11-13-14-15-16-17-18-19-20-21-22-23-24-25-26-27-28-29-30-31-32-33-34-35-36-37-38-39-40-41-42-43-45-47-49-51-61(79)74-56(57(78)50-48-46-44-12-10-8-6-4-2)55-87-71-67(85)64(82)69(59(53-76)89-71)92-73-68(86)65(83)70(60(54-77)90-73)91-72-66(84)63(81)62(80)58(52-75)88-72/h5,7,11,13,15-16,18-19,21-22,24-25,27-28,30-31,33-34,56-60,62-73,75-78,80-86H,3-4,6,8-10,12,14,17,20,23,26,29,32,35-55H2,1-2H3,(H,74,79)/b7-5-,13-11-,16-15-,19-18-,22-21-,25-24-,28-27-,31-30-,34-33-. The third-order valence-electron chi connectivity index (χ3n) is 16.9. The van der Waals surface area contributed by atoms with Crippen LogP contribution in [0.1, 0.15) is 213 Å². The summed E-state index contributed by atoms with van der Waals surface area (Å²) in [6, 6.07) is -0.893. The number of hydrogen-bond acceptors (Lipinski definition) is 18. The van der Waals surface area contributed by atoms with Gasteiger partial charge in [0.05, 0.1) is 38.6 Å². The van der Waals surface area contributed by atoms with Gasteiger partial charge in [0.1, 0.15) is 73.2 Å². The maximum absolute atomic E-state index is 13.3. The summed E-state index contributed by atoms with van der Waals surface area (Å²) in [7, 11) is 0. The second kappa shape index (κ2) is 53.6. The van der Waals surface area contributed by atoms with E-state index in [0.717, 1.165) is 122 Å². The molecule has 3 aliphatic rings. The van der Waals surface area contributed by atoms with E-state index in [0.29, 0.717) is 12.8 Å². The van der Waals surface area contributed by atoms with E-state index < -0.39 is 124 Å². The van der Waals surface area contributed by atoms with Crippen molar-refractivity contribution < 1.29 is 89.4 Å². The van der Waals surface area contributed by atoms with E-state index in [2.05, 4.69) is 129 Å². The lowest BCUT2D eigenvalue weighted by Crippen LogP contribution is -2.66. The third kappa shape index (κ3) is 34.9. The van der Waals surface area contributed by atoms with E-state index >= 15 is 0 Å². The van der Waals surface area contributed by atoms with Crippen molar-refractivity contribution in [2.75, 3.05) is 26.4 Å². The number of hydrogen-bond donors (Lipinski definition) is 12. The molecule has 0 aliphatic carbocycles. The van der Waals surface area contributed by atoms with Crippen LogP contribution in [-0.4, -0.2) is 193 Å². The van der Waals surface area contributed by atoms with E-state index in [4.69, 9.17) is 28.4 Å². The first-order valence-corrected chi connectivity index (χ1v) is 35.1. The number of carbonyl (C=O) groups excluding carboxylic acids is 1. The van der Waals surface area contributed by atoms with Gasteiger partial charge in [0.2, 0.25) is 5.91 Å². The Morgan fingerprint density at radius 3 is 1.17 bits per heavy atom. The largest absolute Gasteiger partial charge is 0.394 e. The number of aliphatic hydroxyl groups is 11. The Morgan fingerprint density at radius 2 is 0.750 bits per heavy atom. The minimum Gasteiger partial charge on any atom is -0.394 e. The fourth-order valence-electron chi connectivity index (χ4n) is 11.2. The molecule has 0 spiro atoms. The highest BCUT2D eigenvalue weighted by molar-refractivity contribution is 5.76. The second-order valence-electron chi connectivity index (χ2n) is 24.6. The Hall–Kier alpha value is -3.55. The van der Waals surface area contributed by atoms with Crippen molar-refractivity contribution in [3.63, 3.8) is 0 Å². The van der Waals surface area contributed by atoms with Gasteiger partial charge in [-0.25, -0.2) is 0 Å². The van der Waals surface area contributed by atoms with E-state index in [-0.39, 0.29) is 18.9 Å². The number of aliphatic hydroxyl groups excluding tert-OH is 11. The minimum absolute atomic E-state index is 0.254.